The summed E-state index contributed by atoms with van der Waals surface area (Å²) in [7, 11) is 0. The van der Waals surface area contributed by atoms with Crippen molar-refractivity contribution in [1.29, 1.82) is 0 Å². The van der Waals surface area contributed by atoms with Crippen molar-refractivity contribution in [2.75, 3.05) is 37.6 Å². The lowest BCUT2D eigenvalue weighted by Crippen LogP contribution is -2.49. The van der Waals surface area contributed by atoms with Crippen molar-refractivity contribution in [2.45, 2.75) is 6.54 Å². The van der Waals surface area contributed by atoms with Gasteiger partial charge in [-0.25, -0.2) is 0 Å². The van der Waals surface area contributed by atoms with E-state index in [9.17, 15) is 9.90 Å². The number of halogens is 2. The van der Waals surface area contributed by atoms with Gasteiger partial charge in [0.05, 0.1) is 12.2 Å². The second-order valence-corrected chi connectivity index (χ2v) is 7.11. The number of nitrogens with one attached hydrogen (secondary N) is 1. The normalized spacial score (nSPS) is 15.1. The van der Waals surface area contributed by atoms with Crippen molar-refractivity contribution >= 4 is 34.8 Å². The fourth-order valence-corrected chi connectivity index (χ4v) is 3.47. The topological polar surface area (TPSA) is 55.8 Å². The van der Waals surface area contributed by atoms with Crippen molar-refractivity contribution in [3.8, 4) is 5.75 Å². The molecular weight excluding hydrogens is 373 g/mol. The molecule has 5 nitrogen and oxygen atoms in total. The summed E-state index contributed by atoms with van der Waals surface area (Å²) < 4.78 is 0. The highest BCUT2D eigenvalue weighted by molar-refractivity contribution is 6.35. The van der Waals surface area contributed by atoms with E-state index < -0.39 is 0 Å². The summed E-state index contributed by atoms with van der Waals surface area (Å²) in [5, 5.41) is 14.0. The Hall–Kier alpha value is -1.95. The molecule has 0 aliphatic carbocycles. The van der Waals surface area contributed by atoms with Crippen LogP contribution < -0.4 is 10.2 Å². The van der Waals surface area contributed by atoms with Crippen molar-refractivity contribution in [1.82, 2.24) is 10.2 Å². The highest BCUT2D eigenvalue weighted by Gasteiger charge is 2.20. The number of para-hydroxylation sites is 2. The van der Waals surface area contributed by atoms with Gasteiger partial charge in [0, 0.05) is 42.8 Å². The summed E-state index contributed by atoms with van der Waals surface area (Å²) in [5.74, 6) is 0.255. The average Bonchev–Trinajstić information content (AvgIpc) is 2.62. The number of benzene rings is 2. The van der Waals surface area contributed by atoms with E-state index in [1.165, 1.54) is 0 Å². The minimum absolute atomic E-state index is 0.0352. The van der Waals surface area contributed by atoms with Gasteiger partial charge in [-0.15, -0.1) is 0 Å². The summed E-state index contributed by atoms with van der Waals surface area (Å²) >= 11 is 12.0. The van der Waals surface area contributed by atoms with Crippen LogP contribution in [0.4, 0.5) is 5.69 Å². The third-order valence-corrected chi connectivity index (χ3v) is 5.04. The van der Waals surface area contributed by atoms with Crippen LogP contribution in [-0.2, 0) is 11.3 Å². The first kappa shape index (κ1) is 18.8. The molecule has 0 atom stereocenters. The summed E-state index contributed by atoms with van der Waals surface area (Å²) in [4.78, 5) is 16.4. The maximum Gasteiger partial charge on any atom is 0.234 e. The predicted octanol–water partition coefficient (Wildman–Crippen LogP) is 3.14. The van der Waals surface area contributed by atoms with Gasteiger partial charge < -0.3 is 15.3 Å². The number of nitrogens with zero attached hydrogens (tertiary/aromatic N) is 2. The molecule has 0 saturated carbocycles. The molecule has 0 aromatic heterocycles. The number of piperazine rings is 1. The number of aromatic hydroxyl groups is 1. The van der Waals surface area contributed by atoms with Crippen LogP contribution in [0.15, 0.2) is 42.5 Å². The van der Waals surface area contributed by atoms with Crippen LogP contribution in [0.3, 0.4) is 0 Å². The van der Waals surface area contributed by atoms with Crippen LogP contribution in [-0.4, -0.2) is 48.6 Å². The van der Waals surface area contributed by atoms with Crippen LogP contribution >= 0.6 is 23.2 Å². The molecule has 2 N–H and O–H groups in total. The van der Waals surface area contributed by atoms with E-state index >= 15 is 0 Å². The molecule has 2 aromatic rings. The lowest BCUT2D eigenvalue weighted by atomic mass is 10.2. The molecule has 3 rings (SSSR count). The van der Waals surface area contributed by atoms with Crippen LogP contribution in [0.25, 0.3) is 0 Å². The van der Waals surface area contributed by atoms with Crippen molar-refractivity contribution in [3.05, 3.63) is 58.1 Å². The SMILES string of the molecule is O=C(CN1CCN(c2ccccc2O)CC1)NCc1ccc(Cl)cc1Cl. The maximum absolute atomic E-state index is 12.2. The Kier molecular flexibility index (Phi) is 6.25. The van der Waals surface area contributed by atoms with Gasteiger partial charge in [-0.2, -0.15) is 0 Å². The molecule has 0 unspecified atom stereocenters. The fraction of sp³-hybridized carbons (Fsp3) is 0.316. The number of phenolic OH excluding ortho intramolecular Hbond substituents is 1. The van der Waals surface area contributed by atoms with Gasteiger partial charge in [0.15, 0.2) is 0 Å². The lowest BCUT2D eigenvalue weighted by molar-refractivity contribution is -0.122. The van der Waals surface area contributed by atoms with Gasteiger partial charge in [-0.05, 0) is 29.8 Å². The zero-order valence-corrected chi connectivity index (χ0v) is 15.8. The van der Waals surface area contributed by atoms with Gasteiger partial charge in [0.25, 0.3) is 0 Å². The number of anilines is 1. The standard InChI is InChI=1S/C19H21Cl2N3O2/c20-15-6-5-14(16(21)11-15)12-22-19(26)13-23-7-9-24(10-8-23)17-3-1-2-4-18(17)25/h1-6,11,25H,7-10,12-13H2,(H,22,26). The molecule has 1 heterocycles. The monoisotopic (exact) mass is 393 g/mol. The minimum Gasteiger partial charge on any atom is -0.506 e. The Morgan fingerprint density at radius 3 is 2.50 bits per heavy atom. The molecule has 0 bridgehead atoms. The van der Waals surface area contributed by atoms with E-state index in [-0.39, 0.29) is 5.91 Å². The zero-order valence-electron chi connectivity index (χ0n) is 14.3. The molecular formula is C19H21Cl2N3O2. The fourth-order valence-electron chi connectivity index (χ4n) is 3.00. The van der Waals surface area contributed by atoms with Gasteiger partial charge in [-0.1, -0.05) is 41.4 Å². The number of phenols is 1. The van der Waals surface area contributed by atoms with Gasteiger partial charge >= 0.3 is 0 Å². The van der Waals surface area contributed by atoms with E-state index in [4.69, 9.17) is 23.2 Å². The highest BCUT2D eigenvalue weighted by atomic mass is 35.5. The Labute approximate surface area is 163 Å². The van der Waals surface area contributed by atoms with Crippen molar-refractivity contribution in [2.24, 2.45) is 0 Å². The largest absolute Gasteiger partial charge is 0.506 e. The number of carbonyl (C=O) groups excluding carboxylic acids is 1. The molecule has 1 aliphatic rings. The third-order valence-electron chi connectivity index (χ3n) is 4.45. The minimum atomic E-state index is -0.0352. The van der Waals surface area contributed by atoms with Crippen LogP contribution in [0.2, 0.25) is 10.0 Å². The second kappa shape index (κ2) is 8.62. The maximum atomic E-state index is 12.2. The molecule has 26 heavy (non-hydrogen) atoms. The molecule has 1 saturated heterocycles. The number of carbonyl (C=O) groups is 1. The van der Waals surface area contributed by atoms with Crippen molar-refractivity contribution < 1.29 is 9.90 Å². The van der Waals surface area contributed by atoms with Gasteiger partial charge in [-0.3, -0.25) is 9.69 Å². The molecule has 2 aromatic carbocycles. The Morgan fingerprint density at radius 1 is 1.08 bits per heavy atom. The summed E-state index contributed by atoms with van der Waals surface area (Å²) in [5.41, 5.74) is 1.68. The van der Waals surface area contributed by atoms with Crippen LogP contribution in [0, 0.1) is 0 Å². The first-order valence-corrected chi connectivity index (χ1v) is 9.24. The quantitative estimate of drug-likeness (QED) is 0.818. The van der Waals surface area contributed by atoms with E-state index in [0.717, 1.165) is 37.4 Å². The van der Waals surface area contributed by atoms with E-state index in [0.29, 0.717) is 28.9 Å². The predicted molar refractivity (Wildman–Crippen MR) is 105 cm³/mol. The summed E-state index contributed by atoms with van der Waals surface area (Å²) in [6.45, 7) is 3.81. The van der Waals surface area contributed by atoms with Crippen LogP contribution in [0.1, 0.15) is 5.56 Å². The number of amides is 1. The molecule has 1 fully saturated rings. The van der Waals surface area contributed by atoms with Gasteiger partial charge in [0.1, 0.15) is 5.75 Å². The lowest BCUT2D eigenvalue weighted by Gasteiger charge is -2.35. The number of rotatable bonds is 5. The third kappa shape index (κ3) is 4.81. The Balaban J connectivity index is 1.45. The average molecular weight is 394 g/mol. The first-order valence-electron chi connectivity index (χ1n) is 8.49. The Morgan fingerprint density at radius 2 is 1.81 bits per heavy atom. The van der Waals surface area contributed by atoms with E-state index in [2.05, 4.69) is 15.1 Å². The molecule has 138 valence electrons. The molecule has 0 radical (unpaired) electrons. The summed E-state index contributed by atoms with van der Waals surface area (Å²) in [6.07, 6.45) is 0. The molecule has 7 heteroatoms. The highest BCUT2D eigenvalue weighted by Crippen LogP contribution is 2.27. The smallest absolute Gasteiger partial charge is 0.234 e. The van der Waals surface area contributed by atoms with Crippen molar-refractivity contribution in [3.63, 3.8) is 0 Å². The number of hydrogen-bond donors (Lipinski definition) is 2. The molecule has 1 amide bonds. The van der Waals surface area contributed by atoms with Crippen LogP contribution in [0.5, 0.6) is 5.75 Å². The Bertz CT molecular complexity index is 777. The summed E-state index contributed by atoms with van der Waals surface area (Å²) in [6, 6.07) is 12.6. The number of hydrogen-bond acceptors (Lipinski definition) is 4. The molecule has 0 spiro atoms. The van der Waals surface area contributed by atoms with E-state index in [1.807, 2.05) is 24.3 Å². The molecule has 1 aliphatic heterocycles. The first-order chi connectivity index (χ1) is 12.5. The van der Waals surface area contributed by atoms with E-state index in [1.54, 1.807) is 18.2 Å². The zero-order chi connectivity index (χ0) is 18.5. The second-order valence-electron chi connectivity index (χ2n) is 6.26. The van der Waals surface area contributed by atoms with Gasteiger partial charge in [0.2, 0.25) is 5.91 Å².